The van der Waals surface area contributed by atoms with Crippen LogP contribution in [0.15, 0.2) is 35.2 Å². The topological polar surface area (TPSA) is 46.2 Å². The van der Waals surface area contributed by atoms with Gasteiger partial charge >= 0.3 is 0 Å². The molecule has 1 aliphatic heterocycles. The summed E-state index contributed by atoms with van der Waals surface area (Å²) in [7, 11) is -2.20. The van der Waals surface area contributed by atoms with E-state index in [9.17, 15) is 8.42 Å². The van der Waals surface area contributed by atoms with E-state index < -0.39 is 10.3 Å². The van der Waals surface area contributed by atoms with Gasteiger partial charge in [-0.3, -0.25) is 0 Å². The van der Waals surface area contributed by atoms with Crippen molar-refractivity contribution in [3.05, 3.63) is 35.9 Å². The average Bonchev–Trinajstić information content (AvgIpc) is 2.39. The van der Waals surface area contributed by atoms with Gasteiger partial charge in [-0.05, 0) is 29.7 Å². The Morgan fingerprint density at radius 3 is 2.71 bits per heavy atom. The van der Waals surface area contributed by atoms with Crippen LogP contribution in [0.1, 0.15) is 5.56 Å². The molecular formula is C9H7NO2S2. The highest BCUT2D eigenvalue weighted by Crippen LogP contribution is 2.23. The molecule has 3 nitrogen and oxygen atoms in total. The lowest BCUT2D eigenvalue weighted by molar-refractivity contribution is 0.627. The minimum absolute atomic E-state index is 0.200. The monoisotopic (exact) mass is 225 g/mol. The van der Waals surface area contributed by atoms with E-state index in [0.29, 0.717) is 0 Å². The summed E-state index contributed by atoms with van der Waals surface area (Å²) >= 11 is 1.30. The molecule has 0 saturated carbocycles. The van der Waals surface area contributed by atoms with Gasteiger partial charge in [-0.25, -0.2) is 4.72 Å². The minimum Gasteiger partial charge on any atom is -0.216 e. The number of fused-ring (bicyclic) bond motifs is 1. The number of nitrogens with one attached hydrogen (secondary N) is 1. The van der Waals surface area contributed by atoms with Crippen LogP contribution in [-0.4, -0.2) is 13.4 Å². The van der Waals surface area contributed by atoms with Gasteiger partial charge in [-0.15, -0.1) is 0 Å². The molecule has 0 fully saturated rings. The molecule has 2 rings (SSSR count). The average molecular weight is 225 g/mol. The highest BCUT2D eigenvalue weighted by atomic mass is 32.2. The van der Waals surface area contributed by atoms with Crippen LogP contribution in [0, 0.1) is 0 Å². The summed E-state index contributed by atoms with van der Waals surface area (Å²) in [5.74, 6) is 0. The summed E-state index contributed by atoms with van der Waals surface area (Å²) in [6, 6.07) is 7.72. The first-order valence-electron chi connectivity index (χ1n) is 3.93. The lowest BCUT2D eigenvalue weighted by atomic mass is 10.2. The summed E-state index contributed by atoms with van der Waals surface area (Å²) < 4.78 is 24.2. The third-order valence-electron chi connectivity index (χ3n) is 1.77. The van der Waals surface area contributed by atoms with Crippen LogP contribution in [0.4, 0.5) is 0 Å². The second kappa shape index (κ2) is 4.00. The fraction of sp³-hybridized carbons (Fsp3) is 0. The first-order valence-corrected chi connectivity index (χ1v) is 5.83. The van der Waals surface area contributed by atoms with Crippen LogP contribution in [0.2, 0.25) is 0 Å². The standard InChI is InChI=1S/C9H7NO2S2/c11-14(12)9-6-5-7-3-1-2-4-8(7)13-10-9/h1-6,10H. The van der Waals surface area contributed by atoms with Gasteiger partial charge in [0.25, 0.3) is 0 Å². The van der Waals surface area contributed by atoms with E-state index >= 15 is 0 Å². The second-order valence-corrected chi connectivity index (χ2v) is 4.43. The molecule has 0 unspecified atom stereocenters. The molecular weight excluding hydrogens is 218 g/mol. The maximum absolute atomic E-state index is 10.7. The van der Waals surface area contributed by atoms with E-state index in [1.54, 1.807) is 12.2 Å². The fourth-order valence-electron chi connectivity index (χ4n) is 1.11. The van der Waals surface area contributed by atoms with Crippen LogP contribution in [0.5, 0.6) is 0 Å². The van der Waals surface area contributed by atoms with E-state index in [2.05, 4.69) is 4.72 Å². The molecule has 0 aliphatic carbocycles. The Hall–Kier alpha value is -1.04. The highest BCUT2D eigenvalue weighted by Gasteiger charge is 2.06. The summed E-state index contributed by atoms with van der Waals surface area (Å²) in [6.07, 6.45) is 3.34. The predicted molar refractivity (Wildman–Crippen MR) is 58.4 cm³/mol. The molecule has 1 aromatic carbocycles. The van der Waals surface area contributed by atoms with Crippen LogP contribution >= 0.6 is 11.9 Å². The predicted octanol–water partition coefficient (Wildman–Crippen LogP) is 1.32. The van der Waals surface area contributed by atoms with E-state index in [4.69, 9.17) is 0 Å². The van der Waals surface area contributed by atoms with E-state index in [-0.39, 0.29) is 4.99 Å². The van der Waals surface area contributed by atoms with Crippen molar-refractivity contribution in [3.8, 4) is 0 Å². The molecule has 0 aromatic heterocycles. The first kappa shape index (κ1) is 9.51. The van der Waals surface area contributed by atoms with E-state index in [0.717, 1.165) is 10.5 Å². The quantitative estimate of drug-likeness (QED) is 0.534. The molecule has 14 heavy (non-hydrogen) atoms. The highest BCUT2D eigenvalue weighted by molar-refractivity contribution is 7.98. The van der Waals surface area contributed by atoms with Crippen molar-refractivity contribution in [1.82, 2.24) is 4.72 Å². The molecule has 1 heterocycles. The van der Waals surface area contributed by atoms with Gasteiger partial charge in [0.05, 0.1) is 0 Å². The van der Waals surface area contributed by atoms with Gasteiger partial charge in [-0.1, -0.05) is 24.3 Å². The first-order chi connectivity index (χ1) is 6.77. The van der Waals surface area contributed by atoms with Gasteiger partial charge in [0.2, 0.25) is 10.3 Å². The number of rotatable bonds is 0. The smallest absolute Gasteiger partial charge is 0.216 e. The fourth-order valence-corrected chi connectivity index (χ4v) is 2.36. The third kappa shape index (κ3) is 1.89. The maximum atomic E-state index is 10.7. The molecule has 72 valence electrons. The van der Waals surface area contributed by atoms with Crippen LogP contribution < -0.4 is 4.72 Å². The number of hydrogen-bond donors (Lipinski definition) is 1. The Bertz CT molecular complexity index is 509. The Morgan fingerprint density at radius 1 is 1.14 bits per heavy atom. The summed E-state index contributed by atoms with van der Waals surface area (Å²) in [4.78, 5) is 1.22. The van der Waals surface area contributed by atoms with E-state index in [1.807, 2.05) is 24.3 Å². The van der Waals surface area contributed by atoms with Crippen LogP contribution in [-0.2, 0) is 10.3 Å². The van der Waals surface area contributed by atoms with Gasteiger partial charge < -0.3 is 0 Å². The maximum Gasteiger partial charge on any atom is 0.233 e. The Kier molecular flexibility index (Phi) is 2.72. The molecule has 0 spiro atoms. The normalized spacial score (nSPS) is 14.7. The summed E-state index contributed by atoms with van der Waals surface area (Å²) in [5.41, 5.74) is 1.02. The molecule has 0 saturated heterocycles. The lowest BCUT2D eigenvalue weighted by Gasteiger charge is -2.00. The zero-order chi connectivity index (χ0) is 9.97. The molecule has 5 heteroatoms. The van der Waals surface area contributed by atoms with Crippen molar-refractivity contribution >= 4 is 33.3 Å². The van der Waals surface area contributed by atoms with Gasteiger partial charge in [0.1, 0.15) is 4.99 Å². The van der Waals surface area contributed by atoms with Crippen LogP contribution in [0.25, 0.3) is 6.08 Å². The minimum atomic E-state index is -2.20. The molecule has 1 aliphatic rings. The van der Waals surface area contributed by atoms with Gasteiger partial charge in [0, 0.05) is 4.90 Å². The molecule has 0 atom stereocenters. The van der Waals surface area contributed by atoms with Crippen LogP contribution in [0.3, 0.4) is 0 Å². The van der Waals surface area contributed by atoms with Crippen molar-refractivity contribution in [3.63, 3.8) is 0 Å². The molecule has 1 N–H and O–H groups in total. The Morgan fingerprint density at radius 2 is 1.93 bits per heavy atom. The zero-order valence-electron chi connectivity index (χ0n) is 7.10. The third-order valence-corrected chi connectivity index (χ3v) is 3.41. The lowest BCUT2D eigenvalue weighted by Crippen LogP contribution is -2.12. The Balaban J connectivity index is 2.49. The second-order valence-electron chi connectivity index (χ2n) is 2.67. The number of benzene rings is 1. The number of hydrogen-bond acceptors (Lipinski definition) is 3. The zero-order valence-corrected chi connectivity index (χ0v) is 8.73. The SMILES string of the molecule is O=S(=O)=C1C=Cc2ccccc2SN1. The summed E-state index contributed by atoms with van der Waals surface area (Å²) in [6.45, 7) is 0. The van der Waals surface area contributed by atoms with Crippen molar-refractivity contribution in [2.75, 3.05) is 0 Å². The van der Waals surface area contributed by atoms with Crippen molar-refractivity contribution in [2.45, 2.75) is 4.90 Å². The molecule has 0 bridgehead atoms. The van der Waals surface area contributed by atoms with Crippen molar-refractivity contribution < 1.29 is 8.42 Å². The van der Waals surface area contributed by atoms with Gasteiger partial charge in [0.15, 0.2) is 0 Å². The molecule has 1 aromatic rings. The van der Waals surface area contributed by atoms with Crippen molar-refractivity contribution in [1.29, 1.82) is 0 Å². The Labute approximate surface area is 87.5 Å². The van der Waals surface area contributed by atoms with Gasteiger partial charge in [-0.2, -0.15) is 8.42 Å². The van der Waals surface area contributed by atoms with Crippen molar-refractivity contribution in [2.24, 2.45) is 0 Å². The molecule has 0 amide bonds. The molecule has 0 radical (unpaired) electrons. The van der Waals surface area contributed by atoms with E-state index in [1.165, 1.54) is 11.9 Å². The largest absolute Gasteiger partial charge is 0.233 e. The summed E-state index contributed by atoms with van der Waals surface area (Å²) in [5, 5.41) is 0.